The van der Waals surface area contributed by atoms with Gasteiger partial charge in [0.25, 0.3) is 0 Å². The topological polar surface area (TPSA) is 125 Å². The van der Waals surface area contributed by atoms with Gasteiger partial charge in [0.15, 0.2) is 11.5 Å². The Kier molecular flexibility index (Phi) is 4.59. The van der Waals surface area contributed by atoms with Crippen LogP contribution in [0.25, 0.3) is 17.0 Å². The molecule has 9 nitrogen and oxygen atoms in total. The van der Waals surface area contributed by atoms with E-state index in [2.05, 4.69) is 25.6 Å². The zero-order chi connectivity index (χ0) is 20.7. The SMILES string of the molecule is Cn1cnnc1-c1ccc(Nc2c3nccn3nc(N)c2[C@H]2CC[C@H](N)CC2)cc1. The maximum Gasteiger partial charge on any atom is 0.177 e. The van der Waals surface area contributed by atoms with Crippen molar-refractivity contribution in [1.29, 1.82) is 0 Å². The van der Waals surface area contributed by atoms with E-state index in [0.717, 1.165) is 59.7 Å². The summed E-state index contributed by atoms with van der Waals surface area (Å²) in [4.78, 5) is 4.53. The van der Waals surface area contributed by atoms with E-state index in [0.29, 0.717) is 11.7 Å². The van der Waals surface area contributed by atoms with E-state index in [1.807, 2.05) is 42.1 Å². The molecule has 5 N–H and O–H groups in total. The summed E-state index contributed by atoms with van der Waals surface area (Å²) in [6.07, 6.45) is 9.25. The van der Waals surface area contributed by atoms with Crippen molar-refractivity contribution >= 4 is 22.8 Å². The van der Waals surface area contributed by atoms with Gasteiger partial charge in [-0.2, -0.15) is 0 Å². The normalized spacial score (nSPS) is 19.3. The van der Waals surface area contributed by atoms with Crippen molar-refractivity contribution in [2.75, 3.05) is 11.1 Å². The van der Waals surface area contributed by atoms with Gasteiger partial charge in [0, 0.05) is 42.3 Å². The third kappa shape index (κ3) is 3.26. The molecule has 30 heavy (non-hydrogen) atoms. The van der Waals surface area contributed by atoms with E-state index >= 15 is 0 Å². The lowest BCUT2D eigenvalue weighted by Crippen LogP contribution is -2.26. The molecule has 3 heterocycles. The van der Waals surface area contributed by atoms with Gasteiger partial charge in [-0.3, -0.25) is 0 Å². The molecule has 5 rings (SSSR count). The van der Waals surface area contributed by atoms with Crippen LogP contribution in [-0.4, -0.2) is 35.4 Å². The Morgan fingerprint density at radius 1 is 1.10 bits per heavy atom. The molecule has 154 valence electrons. The fraction of sp³-hybridized carbons (Fsp3) is 0.333. The van der Waals surface area contributed by atoms with E-state index in [-0.39, 0.29) is 6.04 Å². The monoisotopic (exact) mass is 403 g/mol. The summed E-state index contributed by atoms with van der Waals surface area (Å²) < 4.78 is 3.62. The Hall–Kier alpha value is -3.46. The van der Waals surface area contributed by atoms with Crippen molar-refractivity contribution in [1.82, 2.24) is 29.4 Å². The van der Waals surface area contributed by atoms with Crippen molar-refractivity contribution in [2.45, 2.75) is 37.6 Å². The van der Waals surface area contributed by atoms with E-state index in [1.54, 1.807) is 17.0 Å². The standard InChI is InChI=1S/C21H25N9/c1-29-12-25-27-20(29)14-4-8-16(9-5-14)26-18-17(13-2-6-15(22)7-3-13)19(23)28-30-11-10-24-21(18)30/h4-5,8-13,15,26H,2-3,6-7,22H2,1H3,(H2,23,28)/t13-,15-. The summed E-state index contributed by atoms with van der Waals surface area (Å²) in [6.45, 7) is 0. The Morgan fingerprint density at radius 2 is 1.87 bits per heavy atom. The van der Waals surface area contributed by atoms with Crippen LogP contribution >= 0.6 is 0 Å². The Bertz CT molecular complexity index is 1170. The Labute approximate surface area is 174 Å². The number of anilines is 3. The number of imidazole rings is 1. The second-order valence-corrected chi connectivity index (χ2v) is 7.95. The van der Waals surface area contributed by atoms with Gasteiger partial charge in [-0.25, -0.2) is 9.50 Å². The lowest BCUT2D eigenvalue weighted by atomic mass is 9.81. The van der Waals surface area contributed by atoms with E-state index in [4.69, 9.17) is 11.5 Å². The summed E-state index contributed by atoms with van der Waals surface area (Å²) in [6, 6.07) is 8.38. The molecule has 0 aliphatic heterocycles. The average Bonchev–Trinajstić information content (AvgIpc) is 3.38. The summed E-state index contributed by atoms with van der Waals surface area (Å²) in [7, 11) is 1.93. The molecule has 0 unspecified atom stereocenters. The number of nitrogens with two attached hydrogens (primary N) is 2. The highest BCUT2D eigenvalue weighted by Gasteiger charge is 2.27. The summed E-state index contributed by atoms with van der Waals surface area (Å²) in [5.41, 5.74) is 17.2. The fourth-order valence-electron chi connectivity index (χ4n) is 4.31. The second-order valence-electron chi connectivity index (χ2n) is 7.95. The quantitative estimate of drug-likeness (QED) is 0.478. The van der Waals surface area contributed by atoms with Crippen LogP contribution in [0.4, 0.5) is 17.2 Å². The molecule has 0 spiro atoms. The highest BCUT2D eigenvalue weighted by Crippen LogP contribution is 2.41. The molecule has 0 amide bonds. The van der Waals surface area contributed by atoms with Crippen molar-refractivity contribution in [3.8, 4) is 11.4 Å². The summed E-state index contributed by atoms with van der Waals surface area (Å²) in [5.74, 6) is 1.68. The van der Waals surface area contributed by atoms with Crippen molar-refractivity contribution in [3.05, 3.63) is 48.5 Å². The number of nitrogens with one attached hydrogen (secondary N) is 1. The number of aryl methyl sites for hydroxylation is 1. The van der Waals surface area contributed by atoms with Gasteiger partial charge in [0.2, 0.25) is 0 Å². The van der Waals surface area contributed by atoms with Crippen LogP contribution in [0.5, 0.6) is 0 Å². The van der Waals surface area contributed by atoms with E-state index < -0.39 is 0 Å². The van der Waals surface area contributed by atoms with E-state index in [9.17, 15) is 0 Å². The smallest absolute Gasteiger partial charge is 0.177 e. The van der Waals surface area contributed by atoms with Gasteiger partial charge >= 0.3 is 0 Å². The highest BCUT2D eigenvalue weighted by atomic mass is 15.3. The average molecular weight is 403 g/mol. The van der Waals surface area contributed by atoms with Gasteiger partial charge in [-0.1, -0.05) is 0 Å². The van der Waals surface area contributed by atoms with Gasteiger partial charge in [-0.05, 0) is 55.9 Å². The third-order valence-electron chi connectivity index (χ3n) is 5.91. The maximum atomic E-state index is 6.42. The van der Waals surface area contributed by atoms with Crippen LogP contribution in [0.2, 0.25) is 0 Å². The number of benzene rings is 1. The molecule has 0 atom stereocenters. The van der Waals surface area contributed by atoms with Gasteiger partial charge in [-0.15, -0.1) is 15.3 Å². The molecule has 1 saturated carbocycles. The molecule has 1 aliphatic rings. The van der Waals surface area contributed by atoms with Crippen molar-refractivity contribution in [3.63, 3.8) is 0 Å². The molecule has 1 aromatic carbocycles. The maximum absolute atomic E-state index is 6.42. The number of nitrogens with zero attached hydrogens (tertiary/aromatic N) is 6. The number of fused-ring (bicyclic) bond motifs is 1. The molecule has 4 aromatic rings. The van der Waals surface area contributed by atoms with E-state index in [1.165, 1.54) is 0 Å². The summed E-state index contributed by atoms with van der Waals surface area (Å²) >= 11 is 0. The third-order valence-corrected chi connectivity index (χ3v) is 5.91. The first kappa shape index (κ1) is 18.6. The molecule has 1 aliphatic carbocycles. The number of rotatable bonds is 4. The number of hydrogen-bond acceptors (Lipinski definition) is 7. The lowest BCUT2D eigenvalue weighted by molar-refractivity contribution is 0.396. The molecule has 9 heteroatoms. The number of hydrogen-bond donors (Lipinski definition) is 3. The van der Waals surface area contributed by atoms with Crippen LogP contribution in [0.1, 0.15) is 37.2 Å². The predicted octanol–water partition coefficient (Wildman–Crippen LogP) is 2.84. The van der Waals surface area contributed by atoms with Gasteiger partial charge in [0.1, 0.15) is 12.1 Å². The Balaban J connectivity index is 1.52. The molecule has 3 aromatic heterocycles. The minimum absolute atomic E-state index is 0.273. The first-order valence-corrected chi connectivity index (χ1v) is 10.2. The molecule has 0 radical (unpaired) electrons. The van der Waals surface area contributed by atoms with Gasteiger partial charge in [0.05, 0.1) is 5.69 Å². The van der Waals surface area contributed by atoms with Crippen LogP contribution in [0.15, 0.2) is 43.0 Å². The lowest BCUT2D eigenvalue weighted by Gasteiger charge is -2.28. The summed E-state index contributed by atoms with van der Waals surface area (Å²) in [5, 5.41) is 16.2. The van der Waals surface area contributed by atoms with Crippen LogP contribution in [-0.2, 0) is 7.05 Å². The molecular formula is C21H25N9. The predicted molar refractivity (Wildman–Crippen MR) is 116 cm³/mol. The first-order valence-electron chi connectivity index (χ1n) is 10.2. The van der Waals surface area contributed by atoms with Crippen LogP contribution < -0.4 is 16.8 Å². The zero-order valence-electron chi connectivity index (χ0n) is 16.9. The first-order chi connectivity index (χ1) is 14.6. The number of nitrogen functional groups attached to an aromatic ring is 1. The van der Waals surface area contributed by atoms with Crippen molar-refractivity contribution < 1.29 is 0 Å². The molecular weight excluding hydrogens is 378 g/mol. The van der Waals surface area contributed by atoms with Crippen LogP contribution in [0.3, 0.4) is 0 Å². The number of aromatic nitrogens is 6. The molecule has 0 saturated heterocycles. The Morgan fingerprint density at radius 3 is 2.57 bits per heavy atom. The highest BCUT2D eigenvalue weighted by molar-refractivity contribution is 5.81. The minimum Gasteiger partial charge on any atom is -0.382 e. The zero-order valence-corrected chi connectivity index (χ0v) is 16.9. The molecule has 0 bridgehead atoms. The van der Waals surface area contributed by atoms with Crippen LogP contribution in [0, 0.1) is 0 Å². The largest absolute Gasteiger partial charge is 0.382 e. The second kappa shape index (κ2) is 7.42. The minimum atomic E-state index is 0.273. The molecule has 1 fully saturated rings. The van der Waals surface area contributed by atoms with Crippen molar-refractivity contribution in [2.24, 2.45) is 12.8 Å². The van der Waals surface area contributed by atoms with Gasteiger partial charge < -0.3 is 21.4 Å². The fourth-order valence-corrected chi connectivity index (χ4v) is 4.31.